The van der Waals surface area contributed by atoms with Gasteiger partial charge in [-0.05, 0) is 38.3 Å². The summed E-state index contributed by atoms with van der Waals surface area (Å²) < 4.78 is 1.95. The molecule has 0 radical (unpaired) electrons. The zero-order chi connectivity index (χ0) is 16.7. The van der Waals surface area contributed by atoms with Crippen LogP contribution in [-0.2, 0) is 0 Å². The Balaban J connectivity index is 2.05. The molecule has 1 aliphatic heterocycles. The van der Waals surface area contributed by atoms with E-state index in [0.29, 0.717) is 10.9 Å². The average Bonchev–Trinajstić information content (AvgIpc) is 3.02. The Morgan fingerprint density at radius 2 is 2.17 bits per heavy atom. The van der Waals surface area contributed by atoms with E-state index in [-0.39, 0.29) is 6.04 Å². The van der Waals surface area contributed by atoms with Crippen LogP contribution in [0.25, 0.3) is 21.8 Å². The maximum Gasteiger partial charge on any atom is 0.269 e. The molecule has 0 atom stereocenters. The molecular formula is C16H18N6OS. The topological polar surface area (TPSA) is 98.7 Å². The Labute approximate surface area is 143 Å². The molecule has 8 heteroatoms. The minimum absolute atomic E-state index is 0.236. The lowest BCUT2D eigenvalue weighted by atomic mass is 10.1. The monoisotopic (exact) mass is 342 g/mol. The van der Waals surface area contributed by atoms with Crippen LogP contribution in [0.5, 0.6) is 0 Å². The Morgan fingerprint density at radius 3 is 2.88 bits per heavy atom. The van der Waals surface area contributed by atoms with Gasteiger partial charge in [0, 0.05) is 17.0 Å². The van der Waals surface area contributed by atoms with Crippen molar-refractivity contribution in [2.24, 2.45) is 5.73 Å². The van der Waals surface area contributed by atoms with E-state index in [2.05, 4.69) is 20.4 Å². The molecule has 2 aromatic heterocycles. The number of thioether (sulfide) groups is 1. The quantitative estimate of drug-likeness (QED) is 0.555. The second kappa shape index (κ2) is 6.03. The fourth-order valence-corrected chi connectivity index (χ4v) is 3.64. The van der Waals surface area contributed by atoms with E-state index in [9.17, 15) is 4.79 Å². The number of nitrogens with one attached hydrogen (secondary N) is 1. The highest BCUT2D eigenvalue weighted by atomic mass is 32.2. The fraction of sp³-hybridized carbons (Fsp3) is 0.375. The number of carbonyl (C=O) groups is 1. The molecule has 1 amide bonds. The molecule has 3 heterocycles. The van der Waals surface area contributed by atoms with E-state index in [1.807, 2.05) is 29.3 Å². The van der Waals surface area contributed by atoms with Gasteiger partial charge < -0.3 is 11.1 Å². The lowest BCUT2D eigenvalue weighted by molar-refractivity contribution is 0.0995. The van der Waals surface area contributed by atoms with Crippen molar-refractivity contribution in [1.29, 1.82) is 0 Å². The van der Waals surface area contributed by atoms with Crippen LogP contribution in [0.15, 0.2) is 23.5 Å². The summed E-state index contributed by atoms with van der Waals surface area (Å²) in [5.41, 5.74) is 7.58. The van der Waals surface area contributed by atoms with Gasteiger partial charge in [-0.25, -0.2) is 9.97 Å². The molecule has 24 heavy (non-hydrogen) atoms. The molecule has 3 aromatic rings. The molecule has 124 valence electrons. The zero-order valence-electron chi connectivity index (χ0n) is 13.3. The third-order valence-electron chi connectivity index (χ3n) is 4.47. The Bertz CT molecular complexity index is 931. The average molecular weight is 342 g/mol. The van der Waals surface area contributed by atoms with Crippen LogP contribution >= 0.6 is 11.8 Å². The molecule has 0 aliphatic carbocycles. The van der Waals surface area contributed by atoms with Gasteiger partial charge in [0.1, 0.15) is 5.52 Å². The van der Waals surface area contributed by atoms with Gasteiger partial charge in [-0.1, -0.05) is 17.8 Å². The number of primary amides is 1. The lowest BCUT2D eigenvalue weighted by Gasteiger charge is -2.23. The summed E-state index contributed by atoms with van der Waals surface area (Å²) in [5, 5.41) is 10.3. The van der Waals surface area contributed by atoms with Crippen molar-refractivity contribution < 1.29 is 4.79 Å². The van der Waals surface area contributed by atoms with Gasteiger partial charge in [-0.3, -0.25) is 9.48 Å². The number of nitrogens with zero attached hydrogens (tertiary/aromatic N) is 4. The van der Waals surface area contributed by atoms with Gasteiger partial charge in [0.15, 0.2) is 10.9 Å². The molecule has 7 nitrogen and oxygen atoms in total. The van der Waals surface area contributed by atoms with E-state index < -0.39 is 5.91 Å². The van der Waals surface area contributed by atoms with E-state index in [1.165, 1.54) is 11.8 Å². The van der Waals surface area contributed by atoms with Crippen LogP contribution < -0.4 is 11.1 Å². The van der Waals surface area contributed by atoms with Crippen molar-refractivity contribution in [2.45, 2.75) is 24.0 Å². The molecule has 3 N–H and O–H groups in total. The van der Waals surface area contributed by atoms with Crippen LogP contribution in [-0.4, -0.2) is 45.0 Å². The smallest absolute Gasteiger partial charge is 0.269 e. The second-order valence-electron chi connectivity index (χ2n) is 5.89. The minimum Gasteiger partial charge on any atom is -0.364 e. The number of nitrogens with two attached hydrogens (primary N) is 1. The SMILES string of the molecule is CSc1ncc2ccc3c(C(N)=O)nn(C4CCNCC4)c3c2n1. The van der Waals surface area contributed by atoms with Crippen molar-refractivity contribution >= 4 is 39.5 Å². The van der Waals surface area contributed by atoms with E-state index in [4.69, 9.17) is 5.73 Å². The minimum atomic E-state index is -0.508. The maximum absolute atomic E-state index is 11.9. The summed E-state index contributed by atoms with van der Waals surface area (Å²) in [6.45, 7) is 1.88. The zero-order valence-corrected chi connectivity index (χ0v) is 14.1. The van der Waals surface area contributed by atoms with E-state index in [1.54, 1.807) is 0 Å². The maximum atomic E-state index is 11.9. The number of hydrogen-bond acceptors (Lipinski definition) is 6. The van der Waals surface area contributed by atoms with Gasteiger partial charge in [0.25, 0.3) is 5.91 Å². The Morgan fingerprint density at radius 1 is 1.38 bits per heavy atom. The number of fused-ring (bicyclic) bond motifs is 3. The number of aromatic nitrogens is 4. The molecule has 1 aliphatic rings. The van der Waals surface area contributed by atoms with Crippen LogP contribution in [0.2, 0.25) is 0 Å². The van der Waals surface area contributed by atoms with Gasteiger partial charge in [-0.15, -0.1) is 0 Å². The number of rotatable bonds is 3. The summed E-state index contributed by atoms with van der Waals surface area (Å²) in [7, 11) is 0. The predicted molar refractivity (Wildman–Crippen MR) is 94.3 cm³/mol. The van der Waals surface area contributed by atoms with Gasteiger partial charge in [0.05, 0.1) is 11.6 Å². The summed E-state index contributed by atoms with van der Waals surface area (Å²) in [6.07, 6.45) is 5.69. The second-order valence-corrected chi connectivity index (χ2v) is 6.67. The first kappa shape index (κ1) is 15.3. The summed E-state index contributed by atoms with van der Waals surface area (Å²) in [4.78, 5) is 20.9. The van der Waals surface area contributed by atoms with Gasteiger partial charge in [0.2, 0.25) is 0 Å². The molecule has 0 bridgehead atoms. The van der Waals surface area contributed by atoms with Crippen molar-refractivity contribution in [3.05, 3.63) is 24.0 Å². The first-order chi connectivity index (χ1) is 11.7. The molecule has 1 fully saturated rings. The van der Waals surface area contributed by atoms with E-state index >= 15 is 0 Å². The van der Waals surface area contributed by atoms with Crippen molar-refractivity contribution in [1.82, 2.24) is 25.1 Å². The third-order valence-corrected chi connectivity index (χ3v) is 5.03. The molecule has 0 spiro atoms. The highest BCUT2D eigenvalue weighted by molar-refractivity contribution is 7.98. The number of benzene rings is 1. The van der Waals surface area contributed by atoms with Crippen LogP contribution in [0.4, 0.5) is 0 Å². The van der Waals surface area contributed by atoms with Crippen molar-refractivity contribution in [2.75, 3.05) is 19.3 Å². The number of amides is 1. The van der Waals surface area contributed by atoms with Crippen molar-refractivity contribution in [3.63, 3.8) is 0 Å². The Kier molecular flexibility index (Phi) is 3.85. The first-order valence-corrected chi connectivity index (χ1v) is 9.14. The molecule has 4 rings (SSSR count). The van der Waals surface area contributed by atoms with Crippen LogP contribution in [0.3, 0.4) is 0 Å². The van der Waals surface area contributed by atoms with Gasteiger partial charge >= 0.3 is 0 Å². The molecule has 0 saturated carbocycles. The van der Waals surface area contributed by atoms with Crippen molar-refractivity contribution in [3.8, 4) is 0 Å². The Hall–Kier alpha value is -2.19. The summed E-state index contributed by atoms with van der Waals surface area (Å²) in [6, 6.07) is 4.05. The number of piperidine rings is 1. The molecule has 0 unspecified atom stereocenters. The number of hydrogen-bond donors (Lipinski definition) is 2. The number of carbonyl (C=O) groups excluding carboxylic acids is 1. The first-order valence-electron chi connectivity index (χ1n) is 7.91. The molecular weight excluding hydrogens is 324 g/mol. The standard InChI is InChI=1S/C16H18N6OS/c1-24-16-19-8-9-2-3-11-13(15(17)23)21-22(14(11)12(9)20-16)10-4-6-18-7-5-10/h2-3,8,10,18H,4-7H2,1H3,(H2,17,23). The fourth-order valence-electron chi connectivity index (χ4n) is 3.30. The third kappa shape index (κ3) is 2.42. The molecule has 1 saturated heterocycles. The normalized spacial score (nSPS) is 16.0. The van der Waals surface area contributed by atoms with Crippen LogP contribution in [0, 0.1) is 0 Å². The predicted octanol–water partition coefficient (Wildman–Crippen LogP) is 1.72. The van der Waals surface area contributed by atoms with Gasteiger partial charge in [-0.2, -0.15) is 5.10 Å². The van der Waals surface area contributed by atoms with E-state index in [0.717, 1.165) is 47.7 Å². The summed E-state index contributed by atoms with van der Waals surface area (Å²) >= 11 is 1.49. The van der Waals surface area contributed by atoms with Crippen LogP contribution in [0.1, 0.15) is 29.4 Å². The summed E-state index contributed by atoms with van der Waals surface area (Å²) in [5.74, 6) is -0.508. The highest BCUT2D eigenvalue weighted by Gasteiger charge is 2.24. The molecule has 1 aromatic carbocycles. The lowest BCUT2D eigenvalue weighted by Crippen LogP contribution is -2.30. The largest absolute Gasteiger partial charge is 0.364 e. The highest BCUT2D eigenvalue weighted by Crippen LogP contribution is 2.31.